The second-order valence-corrected chi connectivity index (χ2v) is 13.1. The van der Waals surface area contributed by atoms with Crippen LogP contribution in [0.2, 0.25) is 0 Å². The summed E-state index contributed by atoms with van der Waals surface area (Å²) in [5.41, 5.74) is 2.70. The summed E-state index contributed by atoms with van der Waals surface area (Å²) >= 11 is 0. The number of carbonyl (C=O) groups excluding carboxylic acids is 2. The van der Waals surface area contributed by atoms with Gasteiger partial charge in [-0.2, -0.15) is 0 Å². The van der Waals surface area contributed by atoms with E-state index in [9.17, 15) is 18.0 Å². The summed E-state index contributed by atoms with van der Waals surface area (Å²) in [6.45, 7) is 9.51. The normalized spacial score (nSPS) is 12.3. The van der Waals surface area contributed by atoms with Crippen molar-refractivity contribution in [2.75, 3.05) is 17.1 Å². The topological polar surface area (TPSA) is 96.0 Å². The molecule has 0 aliphatic carbocycles. The average molecular weight is 580 g/mol. The lowest BCUT2D eigenvalue weighted by atomic mass is 10.0. The van der Waals surface area contributed by atoms with E-state index in [-0.39, 0.29) is 12.5 Å². The number of nitrogens with zero attached hydrogens (tertiary/aromatic N) is 2. The van der Waals surface area contributed by atoms with Crippen molar-refractivity contribution in [3.05, 3.63) is 95.6 Å². The van der Waals surface area contributed by atoms with Crippen LogP contribution in [-0.4, -0.2) is 49.5 Å². The minimum absolute atomic E-state index is 0.172. The van der Waals surface area contributed by atoms with Crippen molar-refractivity contribution in [3.8, 4) is 5.75 Å². The Morgan fingerprint density at radius 1 is 0.927 bits per heavy atom. The Balaban J connectivity index is 1.87. The number of ether oxygens (including phenoxy) is 1. The number of hydrogen-bond donors (Lipinski definition) is 1. The second kappa shape index (κ2) is 13.7. The third-order valence-electron chi connectivity index (χ3n) is 6.54. The van der Waals surface area contributed by atoms with Crippen LogP contribution in [0.1, 0.15) is 50.8 Å². The summed E-state index contributed by atoms with van der Waals surface area (Å²) in [6, 6.07) is 23.2. The molecule has 0 aliphatic rings. The number of anilines is 1. The van der Waals surface area contributed by atoms with Crippen molar-refractivity contribution in [1.29, 1.82) is 0 Å². The third-order valence-corrected chi connectivity index (χ3v) is 7.68. The number of nitrogens with one attached hydrogen (secondary N) is 1. The Hall–Kier alpha value is -3.85. The molecule has 3 aromatic carbocycles. The highest BCUT2D eigenvalue weighted by atomic mass is 32.2. The van der Waals surface area contributed by atoms with Crippen LogP contribution in [0.3, 0.4) is 0 Å². The molecular formula is C32H41N3O5S. The van der Waals surface area contributed by atoms with Gasteiger partial charge in [-0.3, -0.25) is 13.9 Å². The first-order valence-corrected chi connectivity index (χ1v) is 15.5. The Morgan fingerprint density at radius 2 is 1.54 bits per heavy atom. The highest BCUT2D eigenvalue weighted by molar-refractivity contribution is 7.92. The van der Waals surface area contributed by atoms with Crippen LogP contribution >= 0.6 is 0 Å². The Labute approximate surface area is 244 Å². The minimum Gasteiger partial charge on any atom is -0.489 e. The lowest BCUT2D eigenvalue weighted by molar-refractivity contribution is -0.141. The second-order valence-electron chi connectivity index (χ2n) is 11.1. The van der Waals surface area contributed by atoms with Crippen LogP contribution in [0.4, 0.5) is 5.69 Å². The molecule has 1 N–H and O–H groups in total. The summed E-state index contributed by atoms with van der Waals surface area (Å²) in [7, 11) is -3.83. The molecule has 0 radical (unpaired) electrons. The van der Waals surface area contributed by atoms with Crippen LogP contribution < -0.4 is 14.4 Å². The van der Waals surface area contributed by atoms with Gasteiger partial charge in [0.15, 0.2) is 0 Å². The van der Waals surface area contributed by atoms with E-state index in [1.54, 1.807) is 24.3 Å². The summed E-state index contributed by atoms with van der Waals surface area (Å²) < 4.78 is 32.7. The van der Waals surface area contributed by atoms with E-state index < -0.39 is 34.1 Å². The van der Waals surface area contributed by atoms with Gasteiger partial charge >= 0.3 is 0 Å². The zero-order valence-electron chi connectivity index (χ0n) is 24.8. The van der Waals surface area contributed by atoms with Gasteiger partial charge in [0.05, 0.1) is 11.9 Å². The largest absolute Gasteiger partial charge is 0.489 e. The van der Waals surface area contributed by atoms with Crippen molar-refractivity contribution in [3.63, 3.8) is 0 Å². The number of aryl methyl sites for hydroxylation is 1. The predicted molar refractivity (Wildman–Crippen MR) is 163 cm³/mol. The first-order valence-electron chi connectivity index (χ1n) is 13.7. The highest BCUT2D eigenvalue weighted by Gasteiger charge is 2.33. The summed E-state index contributed by atoms with van der Waals surface area (Å²) in [4.78, 5) is 28.7. The van der Waals surface area contributed by atoms with Crippen molar-refractivity contribution >= 4 is 27.5 Å². The predicted octanol–water partition coefficient (Wildman–Crippen LogP) is 5.06. The zero-order chi connectivity index (χ0) is 30.2. The molecule has 1 unspecified atom stereocenters. The smallest absolute Gasteiger partial charge is 0.244 e. The molecule has 8 nitrogen and oxygen atoms in total. The maximum Gasteiger partial charge on any atom is 0.244 e. The van der Waals surface area contributed by atoms with E-state index in [2.05, 4.69) is 5.32 Å². The van der Waals surface area contributed by atoms with E-state index >= 15 is 0 Å². The van der Waals surface area contributed by atoms with Gasteiger partial charge in [0.25, 0.3) is 0 Å². The van der Waals surface area contributed by atoms with Gasteiger partial charge in [-0.25, -0.2) is 8.42 Å². The molecule has 9 heteroatoms. The van der Waals surface area contributed by atoms with E-state index in [4.69, 9.17) is 4.74 Å². The number of hydrogen-bond acceptors (Lipinski definition) is 5. The van der Waals surface area contributed by atoms with Crippen LogP contribution in [-0.2, 0) is 32.8 Å². The molecule has 0 aromatic heterocycles. The number of sulfonamides is 1. The SMILES string of the molecule is CCC(C(=O)NC(C)(C)C)N(Cc1ccccc1C)C(=O)CN(c1ccc(OCc2ccccc2)cc1)S(C)(=O)=O. The van der Waals surface area contributed by atoms with Crippen molar-refractivity contribution in [2.24, 2.45) is 0 Å². The maximum atomic E-state index is 13.9. The number of rotatable bonds is 12. The minimum atomic E-state index is -3.83. The van der Waals surface area contributed by atoms with Crippen molar-refractivity contribution in [1.82, 2.24) is 10.2 Å². The lowest BCUT2D eigenvalue weighted by Crippen LogP contribution is -2.55. The van der Waals surface area contributed by atoms with Crippen LogP contribution in [0.25, 0.3) is 0 Å². The average Bonchev–Trinajstić information content (AvgIpc) is 2.90. The van der Waals surface area contributed by atoms with Gasteiger partial charge in [-0.15, -0.1) is 0 Å². The molecular weight excluding hydrogens is 538 g/mol. The highest BCUT2D eigenvalue weighted by Crippen LogP contribution is 2.24. The van der Waals surface area contributed by atoms with Gasteiger partial charge in [0.1, 0.15) is 24.9 Å². The Morgan fingerprint density at radius 3 is 2.10 bits per heavy atom. The molecule has 41 heavy (non-hydrogen) atoms. The molecule has 0 bridgehead atoms. The zero-order valence-corrected chi connectivity index (χ0v) is 25.6. The van der Waals surface area contributed by atoms with E-state index in [0.29, 0.717) is 24.5 Å². The van der Waals surface area contributed by atoms with Gasteiger partial charge in [0.2, 0.25) is 21.8 Å². The van der Waals surface area contributed by atoms with Gasteiger partial charge < -0.3 is 15.0 Å². The summed E-state index contributed by atoms with van der Waals surface area (Å²) in [5, 5.41) is 2.97. The number of amides is 2. The standard InChI is InChI=1S/C32H41N3O5S/c1-7-29(31(37)33-32(3,4)5)34(21-26-16-12-11-13-24(26)2)30(36)22-35(41(6,38)39)27-17-19-28(20-18-27)40-23-25-14-9-8-10-15-25/h8-20,29H,7,21-23H2,1-6H3,(H,33,37). The number of carbonyl (C=O) groups is 2. The molecule has 1 atom stereocenters. The molecule has 2 amide bonds. The fraction of sp³-hybridized carbons (Fsp3) is 0.375. The Kier molecular flexibility index (Phi) is 10.6. The fourth-order valence-corrected chi connectivity index (χ4v) is 5.26. The van der Waals surface area contributed by atoms with Gasteiger partial charge in [-0.1, -0.05) is 61.5 Å². The molecule has 0 saturated heterocycles. The summed E-state index contributed by atoms with van der Waals surface area (Å²) in [5.74, 6) is -0.185. The lowest BCUT2D eigenvalue weighted by Gasteiger charge is -2.34. The van der Waals surface area contributed by atoms with Gasteiger partial charge in [-0.05, 0) is 75.1 Å². The molecule has 0 aliphatic heterocycles. The first kappa shape index (κ1) is 31.7. The first-order chi connectivity index (χ1) is 19.3. The molecule has 0 saturated carbocycles. The molecule has 0 spiro atoms. The quantitative estimate of drug-likeness (QED) is 0.324. The van der Waals surface area contributed by atoms with Crippen LogP contribution in [0.5, 0.6) is 5.75 Å². The number of benzene rings is 3. The van der Waals surface area contributed by atoms with Gasteiger partial charge in [0, 0.05) is 12.1 Å². The molecule has 0 fully saturated rings. The van der Waals surface area contributed by atoms with Crippen molar-refractivity contribution in [2.45, 2.75) is 65.8 Å². The molecule has 3 rings (SSSR count). The molecule has 3 aromatic rings. The van der Waals surface area contributed by atoms with Crippen LogP contribution in [0.15, 0.2) is 78.9 Å². The molecule has 220 valence electrons. The van der Waals surface area contributed by atoms with E-state index in [0.717, 1.165) is 27.3 Å². The molecule has 0 heterocycles. The summed E-state index contributed by atoms with van der Waals surface area (Å²) in [6.07, 6.45) is 1.43. The monoisotopic (exact) mass is 579 g/mol. The third kappa shape index (κ3) is 9.35. The van der Waals surface area contributed by atoms with E-state index in [1.165, 1.54) is 4.90 Å². The van der Waals surface area contributed by atoms with E-state index in [1.807, 2.05) is 89.2 Å². The maximum absolute atomic E-state index is 13.9. The van der Waals surface area contributed by atoms with Crippen molar-refractivity contribution < 1.29 is 22.7 Å². The fourth-order valence-electron chi connectivity index (χ4n) is 4.41. The van der Waals surface area contributed by atoms with Crippen LogP contribution in [0, 0.1) is 6.92 Å². The Bertz CT molecular complexity index is 1420.